The van der Waals surface area contributed by atoms with Crippen LogP contribution in [0.15, 0.2) is 23.5 Å². The molecule has 0 radical (unpaired) electrons. The Morgan fingerprint density at radius 1 is 1.35 bits per heavy atom. The third kappa shape index (κ3) is 1.94. The zero-order valence-corrected chi connectivity index (χ0v) is 15.9. The maximum absolute atomic E-state index is 12.9. The molecule has 0 aromatic rings. The molecule has 4 heterocycles. The molecule has 0 spiro atoms. The summed E-state index contributed by atoms with van der Waals surface area (Å²) < 4.78 is 17.8. The second-order valence-electron chi connectivity index (χ2n) is 8.52. The Kier molecular flexibility index (Phi) is 3.55. The molecular weight excluding hydrogens is 336 g/mol. The molecule has 2 unspecified atom stereocenters. The van der Waals surface area contributed by atoms with E-state index in [1.807, 2.05) is 26.8 Å². The maximum Gasteiger partial charge on any atom is 0.318 e. The van der Waals surface area contributed by atoms with E-state index in [4.69, 9.17) is 14.2 Å². The smallest absolute Gasteiger partial charge is 0.318 e. The van der Waals surface area contributed by atoms with Gasteiger partial charge in [0.05, 0.1) is 6.10 Å². The van der Waals surface area contributed by atoms with Gasteiger partial charge in [-0.1, -0.05) is 13.8 Å². The van der Waals surface area contributed by atoms with Gasteiger partial charge in [-0.2, -0.15) is 0 Å². The Balaban J connectivity index is 1.87. The molecule has 4 aliphatic rings. The summed E-state index contributed by atoms with van der Waals surface area (Å²) in [6.45, 7) is 9.13. The minimum absolute atomic E-state index is 0.117. The van der Waals surface area contributed by atoms with E-state index in [9.17, 15) is 14.7 Å². The Labute approximate surface area is 153 Å². The van der Waals surface area contributed by atoms with Gasteiger partial charge in [-0.05, 0) is 38.8 Å². The molecule has 0 aliphatic carbocycles. The second-order valence-corrected chi connectivity index (χ2v) is 8.52. The van der Waals surface area contributed by atoms with Gasteiger partial charge in [0.25, 0.3) is 0 Å². The highest BCUT2D eigenvalue weighted by atomic mass is 16.7. The van der Waals surface area contributed by atoms with E-state index in [-0.39, 0.29) is 24.0 Å². The number of ether oxygens (including phenoxy) is 3. The van der Waals surface area contributed by atoms with Crippen molar-refractivity contribution >= 4 is 11.8 Å². The minimum Gasteiger partial charge on any atom is -0.479 e. The van der Waals surface area contributed by atoms with Crippen molar-refractivity contribution in [2.24, 2.45) is 17.3 Å². The van der Waals surface area contributed by atoms with E-state index in [0.717, 1.165) is 5.57 Å². The molecule has 2 saturated heterocycles. The third-order valence-electron chi connectivity index (χ3n) is 6.96. The third-order valence-corrected chi connectivity index (χ3v) is 6.96. The van der Waals surface area contributed by atoms with E-state index in [2.05, 4.69) is 0 Å². The lowest BCUT2D eigenvalue weighted by atomic mass is 9.66. The van der Waals surface area contributed by atoms with E-state index < -0.39 is 35.0 Å². The summed E-state index contributed by atoms with van der Waals surface area (Å²) in [7, 11) is 0. The van der Waals surface area contributed by atoms with E-state index in [1.54, 1.807) is 13.8 Å². The summed E-state index contributed by atoms with van der Waals surface area (Å²) in [5.74, 6) is -2.33. The van der Waals surface area contributed by atoms with Crippen LogP contribution in [0.5, 0.6) is 0 Å². The average molecular weight is 362 g/mol. The van der Waals surface area contributed by atoms with Crippen LogP contribution in [0.1, 0.15) is 47.5 Å². The molecule has 2 bridgehead atoms. The zero-order chi connectivity index (χ0) is 19.1. The van der Waals surface area contributed by atoms with Crippen molar-refractivity contribution in [2.45, 2.75) is 71.1 Å². The number of ketones is 1. The van der Waals surface area contributed by atoms with Crippen molar-refractivity contribution in [2.75, 3.05) is 0 Å². The molecular formula is C20H26O6. The van der Waals surface area contributed by atoms with Crippen LogP contribution in [0.2, 0.25) is 0 Å². The lowest BCUT2D eigenvalue weighted by molar-refractivity contribution is -0.267. The summed E-state index contributed by atoms with van der Waals surface area (Å²) in [5.41, 5.74) is -1.49. The maximum atomic E-state index is 12.9. The van der Waals surface area contributed by atoms with Crippen LogP contribution in [0.25, 0.3) is 0 Å². The van der Waals surface area contributed by atoms with Crippen molar-refractivity contribution in [1.29, 1.82) is 0 Å². The fraction of sp³-hybridized carbons (Fsp3) is 0.700. The number of aliphatic hydroxyl groups is 1. The molecule has 0 amide bonds. The minimum atomic E-state index is -1.64. The van der Waals surface area contributed by atoms with Gasteiger partial charge in [0.1, 0.15) is 17.3 Å². The molecule has 0 aromatic carbocycles. The molecule has 7 atom stereocenters. The highest BCUT2D eigenvalue weighted by Crippen LogP contribution is 2.61. The van der Waals surface area contributed by atoms with Gasteiger partial charge in [-0.15, -0.1) is 0 Å². The van der Waals surface area contributed by atoms with Crippen molar-refractivity contribution in [3.63, 3.8) is 0 Å². The number of carbonyl (C=O) groups excluding carboxylic acids is 2. The molecule has 0 saturated carbocycles. The largest absolute Gasteiger partial charge is 0.479 e. The molecule has 0 aromatic heterocycles. The van der Waals surface area contributed by atoms with E-state index in [1.165, 1.54) is 6.08 Å². The van der Waals surface area contributed by atoms with Crippen LogP contribution in [0.4, 0.5) is 0 Å². The Bertz CT molecular complexity index is 753. The van der Waals surface area contributed by atoms with Crippen molar-refractivity contribution in [3.8, 4) is 0 Å². The highest BCUT2D eigenvalue weighted by molar-refractivity contribution is 6.00. The Morgan fingerprint density at radius 2 is 2.04 bits per heavy atom. The fourth-order valence-corrected chi connectivity index (χ4v) is 5.03. The first-order valence-corrected chi connectivity index (χ1v) is 9.32. The van der Waals surface area contributed by atoms with Crippen LogP contribution >= 0.6 is 0 Å². The van der Waals surface area contributed by atoms with Gasteiger partial charge in [-0.25, -0.2) is 0 Å². The van der Waals surface area contributed by atoms with Crippen molar-refractivity contribution < 1.29 is 28.9 Å². The Morgan fingerprint density at radius 3 is 2.69 bits per heavy atom. The lowest BCUT2D eigenvalue weighted by Crippen LogP contribution is -2.53. The second kappa shape index (κ2) is 5.20. The van der Waals surface area contributed by atoms with Crippen molar-refractivity contribution in [3.05, 3.63) is 23.5 Å². The molecule has 1 N–H and O–H groups in total. The molecule has 26 heavy (non-hydrogen) atoms. The standard InChI is InChI=1S/C20H26O6/c1-6-11(3)20(23)19(5)16-13(24-17(19)22)7-10(2)12-8-15(21)18(4,25-12)9-14(16)26-20/h7-8,11,13-14,16,23H,6,9H2,1-5H3/b10-7-/t11-,13-,14-,16-,18?,19?,20+/m0/s1. The summed E-state index contributed by atoms with van der Waals surface area (Å²) in [6.07, 6.45) is 3.19. The summed E-state index contributed by atoms with van der Waals surface area (Å²) in [6, 6.07) is 0. The van der Waals surface area contributed by atoms with Gasteiger partial charge in [0, 0.05) is 24.3 Å². The number of hydrogen-bond donors (Lipinski definition) is 1. The number of fused-ring (bicyclic) bond motifs is 2. The first-order valence-electron chi connectivity index (χ1n) is 9.32. The first-order chi connectivity index (χ1) is 12.1. The van der Waals surface area contributed by atoms with E-state index in [0.29, 0.717) is 12.2 Å². The summed E-state index contributed by atoms with van der Waals surface area (Å²) >= 11 is 0. The van der Waals surface area contributed by atoms with Gasteiger partial charge in [0.15, 0.2) is 11.4 Å². The van der Waals surface area contributed by atoms with Gasteiger partial charge in [-0.3, -0.25) is 9.59 Å². The van der Waals surface area contributed by atoms with Crippen LogP contribution in [0.3, 0.4) is 0 Å². The fourth-order valence-electron chi connectivity index (χ4n) is 5.03. The molecule has 6 nitrogen and oxygen atoms in total. The highest BCUT2D eigenvalue weighted by Gasteiger charge is 2.75. The summed E-state index contributed by atoms with van der Waals surface area (Å²) in [5, 5.41) is 11.5. The van der Waals surface area contributed by atoms with Crippen LogP contribution in [-0.4, -0.2) is 40.5 Å². The SMILES string of the molecule is CC[C@H](C)[C@@]1(O)O[C@H]2CC3(C)OC(=CC3=O)/C(C)=C\[C@@H]3OC(=O)C1(C)[C@@H]32. The molecule has 6 heteroatoms. The number of allylic oxidation sites excluding steroid dienone is 1. The molecule has 142 valence electrons. The Hall–Kier alpha value is -1.66. The van der Waals surface area contributed by atoms with Gasteiger partial charge >= 0.3 is 5.97 Å². The number of carbonyl (C=O) groups is 2. The number of esters is 1. The van der Waals surface area contributed by atoms with Crippen molar-refractivity contribution in [1.82, 2.24) is 0 Å². The quantitative estimate of drug-likeness (QED) is 0.759. The first kappa shape index (κ1) is 17.7. The predicted molar refractivity (Wildman–Crippen MR) is 91.7 cm³/mol. The van der Waals surface area contributed by atoms with Crippen LogP contribution in [-0.2, 0) is 23.8 Å². The molecule has 2 fully saturated rings. The van der Waals surface area contributed by atoms with Crippen LogP contribution in [0, 0.1) is 17.3 Å². The number of hydrogen-bond acceptors (Lipinski definition) is 6. The molecule has 4 rings (SSSR count). The van der Waals surface area contributed by atoms with Gasteiger partial charge < -0.3 is 19.3 Å². The van der Waals surface area contributed by atoms with E-state index >= 15 is 0 Å². The zero-order valence-electron chi connectivity index (χ0n) is 15.9. The topological polar surface area (TPSA) is 82.1 Å². The predicted octanol–water partition coefficient (Wildman–Crippen LogP) is 2.26. The lowest BCUT2D eigenvalue weighted by Gasteiger charge is -2.38. The van der Waals surface area contributed by atoms with Crippen LogP contribution < -0.4 is 0 Å². The monoisotopic (exact) mass is 362 g/mol. The number of rotatable bonds is 2. The van der Waals surface area contributed by atoms with Gasteiger partial charge in [0.2, 0.25) is 5.78 Å². The molecule has 4 aliphatic heterocycles. The average Bonchev–Trinajstić information content (AvgIpc) is 3.09. The normalized spacial score (nSPS) is 49.8. The summed E-state index contributed by atoms with van der Waals surface area (Å²) in [4.78, 5) is 25.5.